The van der Waals surface area contributed by atoms with Crippen LogP contribution in [0.15, 0.2) is 145 Å². The number of amides is 3. The molecule has 604 valence electrons. The van der Waals surface area contributed by atoms with E-state index in [2.05, 4.69) is 16.0 Å². The number of fused-ring (bicyclic) bond motifs is 8. The molecule has 2 heterocycles. The smallest absolute Gasteiger partial charge is 0.338 e. The number of nitrogens with one attached hydrogen (secondary N) is 3. The van der Waals surface area contributed by atoms with Gasteiger partial charge in [-0.2, -0.15) is 0 Å². The molecule has 5 aliphatic carbocycles. The number of carbonyl (C=O) groups is 12. The highest BCUT2D eigenvalue weighted by atomic mass is 16.7. The number of phenolic OH excluding ortho intramolecular Hbond substituents is 2. The van der Waals surface area contributed by atoms with Crippen LogP contribution in [0.25, 0.3) is 0 Å². The van der Waals surface area contributed by atoms with E-state index in [9.17, 15) is 83.4 Å². The average Bonchev–Trinajstić information content (AvgIpc) is 0.666. The summed E-state index contributed by atoms with van der Waals surface area (Å²) in [5.74, 6) is -14.3. The SMILES string of the molecule is COc1cccc2c1C(=O)c1c(O)c3c(c(O)c1C2=O)C[C@@](O)(C(C)=O)C[C@@H]3O[C@H]1C[C@H](NC(=O)c2ccc(C(=O)NCCC(=O)O[C@H]3C[C@H]4OC[C@@]4(OC(C)=O)C4C(OC(=O)c5ccccc5)[C@]5(O)C[C@H](OC(=O)[C@H](O)[C@@H](NC(=O)c6ccccc6)c6ccccc6)C(C)=C([C@@H](OC(C)=O)C(=O)[C@@]43C)C5(C)C)cc2)[C@H](O)[C@H](C)O1. The Labute approximate surface area is 658 Å². The molecule has 115 heavy (non-hydrogen) atoms. The van der Waals surface area contributed by atoms with Crippen molar-refractivity contribution in [2.45, 2.75) is 184 Å². The van der Waals surface area contributed by atoms with Crippen molar-refractivity contribution in [2.75, 3.05) is 20.3 Å². The lowest BCUT2D eigenvalue weighted by Gasteiger charge is -2.67. The van der Waals surface area contributed by atoms with Gasteiger partial charge in [-0.1, -0.05) is 92.7 Å². The zero-order chi connectivity index (χ0) is 82.9. The lowest BCUT2D eigenvalue weighted by molar-refractivity contribution is -0.346. The number of aliphatic hydroxyl groups is 4. The molecule has 2 unspecified atom stereocenters. The molecule has 0 spiro atoms. The van der Waals surface area contributed by atoms with Gasteiger partial charge in [0.25, 0.3) is 17.7 Å². The molecule has 9 N–H and O–H groups in total. The van der Waals surface area contributed by atoms with Crippen molar-refractivity contribution in [3.8, 4) is 17.2 Å². The number of rotatable bonds is 21. The average molecular weight is 1580 g/mol. The molecule has 2 aliphatic heterocycles. The molecule has 4 fully saturated rings. The lowest BCUT2D eigenvalue weighted by Crippen LogP contribution is -2.82. The minimum Gasteiger partial charge on any atom is -0.507 e. The maximum Gasteiger partial charge on any atom is 0.338 e. The highest BCUT2D eigenvalue weighted by Gasteiger charge is 2.79. The van der Waals surface area contributed by atoms with Crippen LogP contribution in [0, 0.1) is 16.7 Å². The molecule has 3 amide bonds. The highest BCUT2D eigenvalue weighted by molar-refractivity contribution is 6.31. The Balaban J connectivity index is 0.735. The zero-order valence-corrected chi connectivity index (χ0v) is 64.1. The van der Waals surface area contributed by atoms with Gasteiger partial charge >= 0.3 is 29.8 Å². The molecule has 6 aromatic rings. The topological polar surface area (TPSA) is 445 Å². The first-order valence-corrected chi connectivity index (χ1v) is 37.5. The number of methoxy groups -OCH3 is 1. The Bertz CT molecular complexity index is 4990. The Hall–Kier alpha value is -11.4. The van der Waals surface area contributed by atoms with Gasteiger partial charge in [0.15, 0.2) is 41.4 Å². The number of esters is 5. The summed E-state index contributed by atoms with van der Waals surface area (Å²) in [4.78, 5) is 171. The Kier molecular flexibility index (Phi) is 22.3. The number of hydrogen-bond donors (Lipinski definition) is 9. The fraction of sp³-hybridized carbons (Fsp3) is 0.412. The number of hydrogen-bond acceptors (Lipinski definition) is 27. The molecule has 0 radical (unpaired) electrons. The first kappa shape index (κ1) is 81.6. The molecular formula is C85H87N3O27. The van der Waals surface area contributed by atoms with E-state index in [0.29, 0.717) is 0 Å². The van der Waals surface area contributed by atoms with Gasteiger partial charge in [-0.25, -0.2) is 9.59 Å². The summed E-state index contributed by atoms with van der Waals surface area (Å²) < 4.78 is 55.5. The van der Waals surface area contributed by atoms with Gasteiger partial charge in [0.05, 0.1) is 78.0 Å². The van der Waals surface area contributed by atoms with Crippen LogP contribution in [-0.4, -0.2) is 200 Å². The second kappa shape index (κ2) is 31.4. The minimum atomic E-state index is -2.62. The van der Waals surface area contributed by atoms with E-state index in [4.69, 9.17) is 42.6 Å². The number of phenols is 2. The molecule has 17 atom stereocenters. The molecule has 30 nitrogen and oxygen atoms in total. The van der Waals surface area contributed by atoms with Crippen LogP contribution >= 0.6 is 0 Å². The molecule has 2 saturated carbocycles. The van der Waals surface area contributed by atoms with Crippen molar-refractivity contribution in [3.63, 3.8) is 0 Å². The first-order valence-electron chi connectivity index (χ1n) is 37.5. The predicted molar refractivity (Wildman–Crippen MR) is 399 cm³/mol. The third kappa shape index (κ3) is 14.5. The Morgan fingerprint density at radius 3 is 1.90 bits per heavy atom. The van der Waals surface area contributed by atoms with Gasteiger partial charge in [0, 0.05) is 91.3 Å². The Morgan fingerprint density at radius 1 is 0.670 bits per heavy atom. The number of ether oxygens (including phenoxy) is 9. The van der Waals surface area contributed by atoms with Crippen LogP contribution in [0.5, 0.6) is 17.2 Å². The second-order valence-corrected chi connectivity index (χ2v) is 31.0. The van der Waals surface area contributed by atoms with Crippen molar-refractivity contribution in [1.82, 2.24) is 16.0 Å². The Morgan fingerprint density at radius 2 is 1.29 bits per heavy atom. The van der Waals surface area contributed by atoms with Crippen LogP contribution in [0.1, 0.15) is 190 Å². The number of aliphatic hydroxyl groups excluding tert-OH is 2. The standard InChI is InChI=1S/C85H87N3O27/c1-40-54(112-80(104)71(98)65(45-20-13-10-14-21-45)88-78(102)46-22-15-11-16-23-46)38-85(106)75(114-79(103)49-24-17-12-18-25-49)73-82(8,74(99)72(110-43(4)90)64(40)81(85,6)7)56(35-57-84(73,39-108-57)115-44(5)91)113-58(92)32-33-86-76(100)47-28-30-48(31-29-47)77(101)87-52-34-59(109-41(2)66(52)93)111-55-37-83(105,42(3)89)36-51-61(55)70(97)63-62(68(51)95)67(94)50-26-19-27-53(107-9)60(50)69(63)96/h10-31,41,52,54-57,59,65-66,71-73,75,93,95,97-98,105-106H,32-39H2,1-9H3,(H,86,100)(H,87,101)(H,88,102)/t41-,52-,54-,55-,56-,57+,59-,65-,66+,71+,72+,73?,75?,82+,83-,84-,85+/m0/s1. The van der Waals surface area contributed by atoms with Gasteiger partial charge in [-0.3, -0.25) is 47.9 Å². The molecular weight excluding hydrogens is 1490 g/mol. The van der Waals surface area contributed by atoms with Gasteiger partial charge in [-0.05, 0) is 99.0 Å². The third-order valence-electron chi connectivity index (χ3n) is 23.8. The van der Waals surface area contributed by atoms with Crippen LogP contribution in [0.4, 0.5) is 0 Å². The normalized spacial score (nSPS) is 28.7. The molecule has 2 bridgehead atoms. The maximum atomic E-state index is 16.6. The number of aromatic hydroxyl groups is 2. The summed E-state index contributed by atoms with van der Waals surface area (Å²) in [6.45, 7) is 9.55. The number of carbonyl (C=O) groups excluding carboxylic acids is 12. The van der Waals surface area contributed by atoms with Crippen LogP contribution in [-0.2, 0) is 73.1 Å². The van der Waals surface area contributed by atoms with E-state index in [-0.39, 0.29) is 73.4 Å². The summed E-state index contributed by atoms with van der Waals surface area (Å²) in [5.41, 5.74) is -12.6. The van der Waals surface area contributed by atoms with Gasteiger partial charge < -0.3 is 89.2 Å². The number of benzene rings is 6. The van der Waals surface area contributed by atoms with Crippen LogP contribution < -0.4 is 20.7 Å². The van der Waals surface area contributed by atoms with Crippen molar-refractivity contribution in [1.29, 1.82) is 0 Å². The van der Waals surface area contributed by atoms with Crippen molar-refractivity contribution in [2.24, 2.45) is 16.7 Å². The van der Waals surface area contributed by atoms with E-state index in [1.165, 1.54) is 121 Å². The quantitative estimate of drug-likeness (QED) is 0.0174. The largest absolute Gasteiger partial charge is 0.507 e. The van der Waals surface area contributed by atoms with Crippen molar-refractivity contribution < 1.29 is 131 Å². The van der Waals surface area contributed by atoms with Crippen molar-refractivity contribution in [3.05, 3.63) is 206 Å². The third-order valence-corrected chi connectivity index (χ3v) is 23.8. The van der Waals surface area contributed by atoms with E-state index >= 15 is 4.79 Å². The second-order valence-electron chi connectivity index (χ2n) is 31.0. The molecule has 13 rings (SSSR count). The fourth-order valence-corrected chi connectivity index (χ4v) is 17.7. The first-order chi connectivity index (χ1) is 54.5. The highest BCUT2D eigenvalue weighted by Crippen LogP contribution is 2.65. The zero-order valence-electron chi connectivity index (χ0n) is 64.1. The van der Waals surface area contributed by atoms with Gasteiger partial charge in [0.1, 0.15) is 59.0 Å². The van der Waals surface area contributed by atoms with Gasteiger partial charge in [0.2, 0.25) is 5.78 Å². The number of Topliss-reactive ketones (excluding diaryl/α,β-unsaturated/α-hetero) is 2. The number of ketones is 4. The summed E-state index contributed by atoms with van der Waals surface area (Å²) in [7, 11) is 1.28. The fourth-order valence-electron chi connectivity index (χ4n) is 17.7. The summed E-state index contributed by atoms with van der Waals surface area (Å²) in [5, 5.41) is 81.6. The molecule has 2 saturated heterocycles. The summed E-state index contributed by atoms with van der Waals surface area (Å²) >= 11 is 0. The van der Waals surface area contributed by atoms with Gasteiger partial charge in [-0.15, -0.1) is 0 Å². The summed E-state index contributed by atoms with van der Waals surface area (Å²) in [6, 6.07) is 30.5. The summed E-state index contributed by atoms with van der Waals surface area (Å²) in [6.07, 6.45) is -19.3. The van der Waals surface area contributed by atoms with Crippen molar-refractivity contribution >= 4 is 70.7 Å². The molecule has 30 heteroatoms. The van der Waals surface area contributed by atoms with Crippen LogP contribution in [0.3, 0.4) is 0 Å². The molecule has 0 aromatic heterocycles. The lowest BCUT2D eigenvalue weighted by atomic mass is 9.44. The molecule has 6 aromatic carbocycles. The van der Waals surface area contributed by atoms with Crippen LogP contribution in [0.2, 0.25) is 0 Å². The van der Waals surface area contributed by atoms with E-state index in [1.54, 1.807) is 54.6 Å². The van der Waals surface area contributed by atoms with E-state index < -0.39 is 245 Å². The molecule has 7 aliphatic rings. The maximum absolute atomic E-state index is 16.6. The predicted octanol–water partition coefficient (Wildman–Crippen LogP) is 5.92. The van der Waals surface area contributed by atoms with E-state index in [1.807, 2.05) is 0 Å². The van der Waals surface area contributed by atoms with E-state index in [0.717, 1.165) is 20.8 Å². The minimum absolute atomic E-state index is 0.00597. The monoisotopic (exact) mass is 1580 g/mol.